The Bertz CT molecular complexity index is 515. The van der Waals surface area contributed by atoms with E-state index in [0.717, 1.165) is 23.2 Å². The Morgan fingerprint density at radius 1 is 1.00 bits per heavy atom. The molecule has 0 aliphatic rings. The van der Waals surface area contributed by atoms with Crippen molar-refractivity contribution in [1.82, 2.24) is 4.98 Å². The molecule has 0 saturated heterocycles. The van der Waals surface area contributed by atoms with Crippen LogP contribution in [0.3, 0.4) is 0 Å². The maximum absolute atomic E-state index is 10.7. The lowest BCUT2D eigenvalue weighted by Gasteiger charge is -2.04. The van der Waals surface area contributed by atoms with Crippen LogP contribution < -0.4 is 0 Å². The number of aryl methyl sites for hydroxylation is 2. The van der Waals surface area contributed by atoms with Gasteiger partial charge >= 0.3 is 0 Å². The highest BCUT2D eigenvalue weighted by molar-refractivity contribution is 5.77. The molecule has 0 aliphatic carbocycles. The predicted octanol–water partition coefficient (Wildman–Crippen LogP) is 3.18. The number of carbonyl (C=O) groups excluding carboxylic acids is 1. The third-order valence-electron chi connectivity index (χ3n) is 2.60. The molecule has 0 atom stereocenters. The highest BCUT2D eigenvalue weighted by Crippen LogP contribution is 2.18. The van der Waals surface area contributed by atoms with E-state index in [1.165, 1.54) is 5.56 Å². The largest absolute Gasteiger partial charge is 0.298 e. The first-order chi connectivity index (χ1) is 7.70. The fourth-order valence-electron chi connectivity index (χ4n) is 1.58. The minimum Gasteiger partial charge on any atom is -0.298 e. The summed E-state index contributed by atoms with van der Waals surface area (Å²) in [5.41, 5.74) is 4.63. The molecule has 0 N–H and O–H groups in total. The molecule has 0 radical (unpaired) electrons. The van der Waals surface area contributed by atoms with Crippen molar-refractivity contribution in [1.29, 1.82) is 0 Å². The summed E-state index contributed by atoms with van der Waals surface area (Å²) in [6.45, 7) is 3.90. The van der Waals surface area contributed by atoms with Gasteiger partial charge in [-0.3, -0.25) is 9.78 Å². The number of hydrogen-bond donors (Lipinski definition) is 0. The van der Waals surface area contributed by atoms with Gasteiger partial charge < -0.3 is 0 Å². The van der Waals surface area contributed by atoms with Crippen LogP contribution in [0.4, 0.5) is 0 Å². The normalized spacial score (nSPS) is 10.1. The van der Waals surface area contributed by atoms with Crippen LogP contribution in [0, 0.1) is 13.8 Å². The summed E-state index contributed by atoms with van der Waals surface area (Å²) >= 11 is 0. The van der Waals surface area contributed by atoms with Crippen molar-refractivity contribution in [3.05, 3.63) is 53.2 Å². The summed E-state index contributed by atoms with van der Waals surface area (Å²) in [6, 6.07) is 11.9. The molecular formula is C14H13NO. The Labute approximate surface area is 95.0 Å². The van der Waals surface area contributed by atoms with Gasteiger partial charge in [0, 0.05) is 16.8 Å². The molecule has 2 nitrogen and oxygen atoms in total. The number of carbonyl (C=O) groups is 1. The molecule has 0 spiro atoms. The predicted molar refractivity (Wildman–Crippen MR) is 64.5 cm³/mol. The van der Waals surface area contributed by atoms with E-state index in [2.05, 4.69) is 24.0 Å². The SMILES string of the molecule is Cc1ccc(-c2ccc(C=O)c(C)n2)cc1. The van der Waals surface area contributed by atoms with Gasteiger partial charge in [0.1, 0.15) is 0 Å². The minimum atomic E-state index is 0.649. The fourth-order valence-corrected chi connectivity index (χ4v) is 1.58. The van der Waals surface area contributed by atoms with Crippen LogP contribution in [-0.2, 0) is 0 Å². The lowest BCUT2D eigenvalue weighted by Crippen LogP contribution is -1.92. The molecule has 0 unspecified atom stereocenters. The summed E-state index contributed by atoms with van der Waals surface area (Å²) in [6.07, 6.45) is 0.835. The van der Waals surface area contributed by atoms with Gasteiger partial charge in [-0.25, -0.2) is 0 Å². The maximum atomic E-state index is 10.7. The zero-order valence-corrected chi connectivity index (χ0v) is 9.40. The number of aromatic nitrogens is 1. The minimum absolute atomic E-state index is 0.649. The van der Waals surface area contributed by atoms with Crippen LogP contribution in [0.25, 0.3) is 11.3 Å². The number of benzene rings is 1. The molecule has 0 bridgehead atoms. The molecule has 80 valence electrons. The van der Waals surface area contributed by atoms with Crippen molar-refractivity contribution >= 4 is 6.29 Å². The van der Waals surface area contributed by atoms with E-state index in [1.807, 2.05) is 31.2 Å². The van der Waals surface area contributed by atoms with E-state index in [0.29, 0.717) is 5.56 Å². The Morgan fingerprint density at radius 3 is 2.25 bits per heavy atom. The molecule has 16 heavy (non-hydrogen) atoms. The number of nitrogens with zero attached hydrogens (tertiary/aromatic N) is 1. The van der Waals surface area contributed by atoms with Crippen molar-refractivity contribution in [2.75, 3.05) is 0 Å². The summed E-state index contributed by atoms with van der Waals surface area (Å²) in [7, 11) is 0. The van der Waals surface area contributed by atoms with Crippen LogP contribution in [0.1, 0.15) is 21.6 Å². The highest BCUT2D eigenvalue weighted by atomic mass is 16.1. The van der Waals surface area contributed by atoms with Gasteiger partial charge in [-0.2, -0.15) is 0 Å². The molecule has 2 heteroatoms. The van der Waals surface area contributed by atoms with Crippen LogP contribution in [0.2, 0.25) is 0 Å². The smallest absolute Gasteiger partial charge is 0.151 e. The lowest BCUT2D eigenvalue weighted by molar-refractivity contribution is 0.112. The second-order valence-corrected chi connectivity index (χ2v) is 3.86. The van der Waals surface area contributed by atoms with E-state index < -0.39 is 0 Å². The number of rotatable bonds is 2. The number of pyridine rings is 1. The Hall–Kier alpha value is -1.96. The standard InChI is InChI=1S/C14H13NO/c1-10-3-5-12(6-4-10)14-8-7-13(9-16)11(2)15-14/h3-9H,1-2H3. The first-order valence-corrected chi connectivity index (χ1v) is 5.20. The molecule has 0 aliphatic heterocycles. The average Bonchev–Trinajstić information content (AvgIpc) is 2.30. The molecule has 0 saturated carbocycles. The molecule has 1 heterocycles. The zero-order chi connectivity index (χ0) is 11.5. The molecule has 2 aromatic rings. The summed E-state index contributed by atoms with van der Waals surface area (Å²) in [5, 5.41) is 0. The Balaban J connectivity index is 2.45. The van der Waals surface area contributed by atoms with E-state index in [-0.39, 0.29) is 0 Å². The highest BCUT2D eigenvalue weighted by Gasteiger charge is 2.02. The third-order valence-corrected chi connectivity index (χ3v) is 2.60. The van der Waals surface area contributed by atoms with Crippen molar-refractivity contribution in [3.8, 4) is 11.3 Å². The van der Waals surface area contributed by atoms with E-state index in [1.54, 1.807) is 0 Å². The van der Waals surface area contributed by atoms with E-state index in [9.17, 15) is 4.79 Å². The summed E-state index contributed by atoms with van der Waals surface area (Å²) < 4.78 is 0. The molecular weight excluding hydrogens is 198 g/mol. The first kappa shape index (κ1) is 10.6. The quantitative estimate of drug-likeness (QED) is 0.714. The van der Waals surface area contributed by atoms with Crippen LogP contribution in [-0.4, -0.2) is 11.3 Å². The van der Waals surface area contributed by atoms with Crippen molar-refractivity contribution in [2.24, 2.45) is 0 Å². The molecule has 1 aromatic heterocycles. The molecule has 2 rings (SSSR count). The van der Waals surface area contributed by atoms with Gasteiger partial charge in [-0.1, -0.05) is 29.8 Å². The Morgan fingerprint density at radius 2 is 1.69 bits per heavy atom. The van der Waals surface area contributed by atoms with Crippen LogP contribution in [0.5, 0.6) is 0 Å². The van der Waals surface area contributed by atoms with Crippen molar-refractivity contribution in [3.63, 3.8) is 0 Å². The van der Waals surface area contributed by atoms with Gasteiger partial charge in [0.25, 0.3) is 0 Å². The van der Waals surface area contributed by atoms with Gasteiger partial charge in [0.2, 0.25) is 0 Å². The Kier molecular flexibility index (Phi) is 2.82. The maximum Gasteiger partial charge on any atom is 0.151 e. The first-order valence-electron chi connectivity index (χ1n) is 5.20. The number of aldehydes is 1. The van der Waals surface area contributed by atoms with Gasteiger partial charge in [0.15, 0.2) is 6.29 Å². The van der Waals surface area contributed by atoms with E-state index >= 15 is 0 Å². The monoisotopic (exact) mass is 211 g/mol. The topological polar surface area (TPSA) is 30.0 Å². The molecule has 0 fully saturated rings. The average molecular weight is 211 g/mol. The van der Waals surface area contributed by atoms with E-state index in [4.69, 9.17) is 0 Å². The van der Waals surface area contributed by atoms with Crippen molar-refractivity contribution in [2.45, 2.75) is 13.8 Å². The van der Waals surface area contributed by atoms with Crippen LogP contribution in [0.15, 0.2) is 36.4 Å². The van der Waals surface area contributed by atoms with Crippen molar-refractivity contribution < 1.29 is 4.79 Å². The molecule has 1 aromatic carbocycles. The van der Waals surface area contributed by atoms with Gasteiger partial charge in [-0.15, -0.1) is 0 Å². The lowest BCUT2D eigenvalue weighted by atomic mass is 10.1. The van der Waals surface area contributed by atoms with Gasteiger partial charge in [0.05, 0.1) is 5.69 Å². The summed E-state index contributed by atoms with van der Waals surface area (Å²) in [5.74, 6) is 0. The van der Waals surface area contributed by atoms with Gasteiger partial charge in [-0.05, 0) is 26.0 Å². The van der Waals surface area contributed by atoms with Crippen LogP contribution >= 0.6 is 0 Å². The molecule has 0 amide bonds. The third kappa shape index (κ3) is 2.01. The second kappa shape index (κ2) is 4.27. The number of hydrogen-bond acceptors (Lipinski definition) is 2. The summed E-state index contributed by atoms with van der Waals surface area (Å²) in [4.78, 5) is 15.1. The zero-order valence-electron chi connectivity index (χ0n) is 9.40. The second-order valence-electron chi connectivity index (χ2n) is 3.86. The fraction of sp³-hybridized carbons (Fsp3) is 0.143.